The molecule has 2 aliphatic rings. The maximum Gasteiger partial charge on any atom is 0.140 e. The Hall–Kier alpha value is -2.83. The molecule has 0 atom stereocenters. The quantitative estimate of drug-likeness (QED) is 0.366. The minimum atomic E-state index is 0.630. The second-order valence-corrected chi connectivity index (χ2v) is 9.57. The fourth-order valence-corrected chi connectivity index (χ4v) is 5.59. The standard InChI is InChI=1S/C26H32N6/c1-32-12-8-18(9-13-32)22-16-29-26-20(22)3-5-25(31-26)30-19-2-4-24-21(14-19)23(15-28-24)17-6-10-27-11-7-17/h2-5,14-18,27-28H,6-13H2,1H3,(H2,29,30,31). The zero-order chi connectivity index (χ0) is 21.5. The van der Waals surface area contributed by atoms with Crippen molar-refractivity contribution in [2.24, 2.45) is 0 Å². The number of likely N-dealkylation sites (tertiary alicyclic amines) is 1. The molecule has 0 saturated carbocycles. The molecular weight excluding hydrogens is 396 g/mol. The number of hydrogen-bond donors (Lipinski definition) is 4. The molecule has 4 aromatic rings. The number of pyridine rings is 1. The van der Waals surface area contributed by atoms with Gasteiger partial charge in [-0.05, 0) is 112 Å². The molecule has 0 radical (unpaired) electrons. The summed E-state index contributed by atoms with van der Waals surface area (Å²) in [6.45, 7) is 4.56. The number of rotatable bonds is 4. The smallest absolute Gasteiger partial charge is 0.140 e. The van der Waals surface area contributed by atoms with Crippen molar-refractivity contribution in [1.82, 2.24) is 25.2 Å². The van der Waals surface area contributed by atoms with Gasteiger partial charge in [-0.25, -0.2) is 4.98 Å². The maximum absolute atomic E-state index is 4.89. The molecule has 4 N–H and O–H groups in total. The number of fused-ring (bicyclic) bond motifs is 2. The van der Waals surface area contributed by atoms with Gasteiger partial charge in [0.1, 0.15) is 11.5 Å². The molecule has 0 amide bonds. The summed E-state index contributed by atoms with van der Waals surface area (Å²) < 4.78 is 0. The lowest BCUT2D eigenvalue weighted by Gasteiger charge is -2.28. The maximum atomic E-state index is 4.89. The van der Waals surface area contributed by atoms with E-state index in [0.717, 1.165) is 30.2 Å². The first-order valence-corrected chi connectivity index (χ1v) is 12.0. The largest absolute Gasteiger partial charge is 0.361 e. The van der Waals surface area contributed by atoms with Crippen molar-refractivity contribution in [2.45, 2.75) is 37.5 Å². The van der Waals surface area contributed by atoms with Crippen LogP contribution in [0.4, 0.5) is 11.5 Å². The van der Waals surface area contributed by atoms with Crippen molar-refractivity contribution in [3.8, 4) is 0 Å². The van der Waals surface area contributed by atoms with E-state index >= 15 is 0 Å². The predicted octanol–water partition coefficient (Wildman–Crippen LogP) is 5.06. The van der Waals surface area contributed by atoms with Crippen molar-refractivity contribution < 1.29 is 0 Å². The average molecular weight is 429 g/mol. The van der Waals surface area contributed by atoms with Crippen LogP contribution in [-0.4, -0.2) is 53.1 Å². The third kappa shape index (κ3) is 3.67. The van der Waals surface area contributed by atoms with Crippen LogP contribution in [-0.2, 0) is 0 Å². The molecule has 32 heavy (non-hydrogen) atoms. The van der Waals surface area contributed by atoms with E-state index in [1.165, 1.54) is 66.2 Å². The molecule has 1 aromatic carbocycles. The Labute approximate surface area is 188 Å². The van der Waals surface area contributed by atoms with Gasteiger partial charge >= 0.3 is 0 Å². The van der Waals surface area contributed by atoms with Crippen LogP contribution in [0.5, 0.6) is 0 Å². The molecule has 2 saturated heterocycles. The number of nitrogens with zero attached hydrogens (tertiary/aromatic N) is 2. The second kappa shape index (κ2) is 8.26. The van der Waals surface area contributed by atoms with Crippen LogP contribution in [0.3, 0.4) is 0 Å². The van der Waals surface area contributed by atoms with Crippen LogP contribution >= 0.6 is 0 Å². The van der Waals surface area contributed by atoms with E-state index < -0.39 is 0 Å². The number of H-pyrrole nitrogens is 2. The molecule has 0 bridgehead atoms. The van der Waals surface area contributed by atoms with Crippen molar-refractivity contribution in [3.05, 3.63) is 53.9 Å². The third-order valence-corrected chi connectivity index (χ3v) is 7.49. The highest BCUT2D eigenvalue weighted by atomic mass is 15.1. The van der Waals surface area contributed by atoms with Crippen molar-refractivity contribution in [2.75, 3.05) is 38.5 Å². The van der Waals surface area contributed by atoms with Crippen molar-refractivity contribution in [1.29, 1.82) is 0 Å². The van der Waals surface area contributed by atoms with Crippen LogP contribution in [0.25, 0.3) is 21.9 Å². The zero-order valence-electron chi connectivity index (χ0n) is 18.7. The number of aromatic nitrogens is 3. The molecule has 0 unspecified atom stereocenters. The minimum absolute atomic E-state index is 0.630. The average Bonchev–Trinajstić information content (AvgIpc) is 3.44. The zero-order valence-corrected chi connectivity index (χ0v) is 18.7. The second-order valence-electron chi connectivity index (χ2n) is 9.57. The number of benzene rings is 1. The van der Waals surface area contributed by atoms with Crippen LogP contribution in [0, 0.1) is 0 Å². The van der Waals surface area contributed by atoms with E-state index in [0.29, 0.717) is 11.8 Å². The summed E-state index contributed by atoms with van der Waals surface area (Å²) >= 11 is 0. The summed E-state index contributed by atoms with van der Waals surface area (Å²) in [6.07, 6.45) is 9.23. The van der Waals surface area contributed by atoms with Crippen LogP contribution in [0.15, 0.2) is 42.7 Å². The van der Waals surface area contributed by atoms with Gasteiger partial charge in [0.05, 0.1) is 0 Å². The number of aromatic amines is 2. The van der Waals surface area contributed by atoms with E-state index in [2.05, 4.69) is 75.3 Å². The Bertz CT molecular complexity index is 1220. The van der Waals surface area contributed by atoms with E-state index in [1.807, 2.05) is 0 Å². The monoisotopic (exact) mass is 428 g/mol. The van der Waals surface area contributed by atoms with Gasteiger partial charge in [0.2, 0.25) is 0 Å². The van der Waals surface area contributed by atoms with E-state index in [1.54, 1.807) is 0 Å². The number of anilines is 2. The molecule has 6 nitrogen and oxygen atoms in total. The molecular formula is C26H32N6. The molecule has 6 heteroatoms. The topological polar surface area (TPSA) is 71.8 Å². The number of piperidine rings is 2. The van der Waals surface area contributed by atoms with Crippen LogP contribution in [0.2, 0.25) is 0 Å². The van der Waals surface area contributed by atoms with E-state index in [9.17, 15) is 0 Å². The first-order chi connectivity index (χ1) is 15.7. The number of nitrogens with one attached hydrogen (secondary N) is 4. The Morgan fingerprint density at radius 3 is 2.47 bits per heavy atom. The molecule has 2 fully saturated rings. The molecule has 2 aliphatic heterocycles. The highest BCUT2D eigenvalue weighted by molar-refractivity contribution is 5.88. The highest BCUT2D eigenvalue weighted by Gasteiger charge is 2.22. The van der Waals surface area contributed by atoms with Gasteiger partial charge in [0, 0.05) is 34.4 Å². The first-order valence-electron chi connectivity index (χ1n) is 12.0. The van der Waals surface area contributed by atoms with Gasteiger partial charge in [-0.15, -0.1) is 0 Å². The Morgan fingerprint density at radius 2 is 1.62 bits per heavy atom. The molecule has 0 aliphatic carbocycles. The lowest BCUT2D eigenvalue weighted by atomic mass is 9.90. The molecule has 166 valence electrons. The Morgan fingerprint density at radius 1 is 0.875 bits per heavy atom. The predicted molar refractivity (Wildman–Crippen MR) is 132 cm³/mol. The lowest BCUT2D eigenvalue weighted by Crippen LogP contribution is -2.29. The Kier molecular flexibility index (Phi) is 5.12. The summed E-state index contributed by atoms with van der Waals surface area (Å²) in [4.78, 5) is 14.2. The highest BCUT2D eigenvalue weighted by Crippen LogP contribution is 2.35. The lowest BCUT2D eigenvalue weighted by molar-refractivity contribution is 0.256. The summed E-state index contributed by atoms with van der Waals surface area (Å²) in [7, 11) is 2.21. The fraction of sp³-hybridized carbons (Fsp3) is 0.423. The van der Waals surface area contributed by atoms with Crippen LogP contribution < -0.4 is 10.6 Å². The summed E-state index contributed by atoms with van der Waals surface area (Å²) in [5.74, 6) is 2.14. The first kappa shape index (κ1) is 19.8. The summed E-state index contributed by atoms with van der Waals surface area (Å²) in [5, 5.41) is 9.60. The van der Waals surface area contributed by atoms with Gasteiger partial charge in [0.15, 0.2) is 0 Å². The summed E-state index contributed by atoms with van der Waals surface area (Å²) in [6, 6.07) is 10.9. The van der Waals surface area contributed by atoms with Crippen molar-refractivity contribution in [3.63, 3.8) is 0 Å². The molecule has 6 rings (SSSR count). The van der Waals surface area contributed by atoms with Gasteiger partial charge in [-0.3, -0.25) is 0 Å². The number of hydrogen-bond acceptors (Lipinski definition) is 4. The van der Waals surface area contributed by atoms with Crippen molar-refractivity contribution >= 4 is 33.4 Å². The van der Waals surface area contributed by atoms with Gasteiger partial charge in [0.25, 0.3) is 0 Å². The van der Waals surface area contributed by atoms with E-state index in [4.69, 9.17) is 4.98 Å². The molecule has 0 spiro atoms. The Balaban J connectivity index is 1.25. The normalized spacial score (nSPS) is 19.2. The van der Waals surface area contributed by atoms with Crippen LogP contribution in [0.1, 0.15) is 48.6 Å². The fourth-order valence-electron chi connectivity index (χ4n) is 5.59. The molecule has 5 heterocycles. The SMILES string of the molecule is CN1CCC(c2c[nH]c3nc(Nc4ccc5[nH]cc(C6CCNCC6)c5c4)ccc23)CC1. The third-order valence-electron chi connectivity index (χ3n) is 7.49. The van der Waals surface area contributed by atoms with Gasteiger partial charge in [-0.2, -0.15) is 0 Å². The molecule has 3 aromatic heterocycles. The van der Waals surface area contributed by atoms with Gasteiger partial charge in [-0.1, -0.05) is 0 Å². The van der Waals surface area contributed by atoms with E-state index in [-0.39, 0.29) is 0 Å². The minimum Gasteiger partial charge on any atom is -0.361 e. The summed E-state index contributed by atoms with van der Waals surface area (Å²) in [5.41, 5.74) is 6.14. The van der Waals surface area contributed by atoms with Gasteiger partial charge < -0.3 is 25.5 Å².